The van der Waals surface area contributed by atoms with Crippen LogP contribution < -0.4 is 16.2 Å². The fourth-order valence-electron chi connectivity index (χ4n) is 3.27. The zero-order valence-electron chi connectivity index (χ0n) is 16.8. The van der Waals surface area contributed by atoms with E-state index in [1.54, 1.807) is 0 Å². The van der Waals surface area contributed by atoms with E-state index in [1.165, 1.54) is 6.21 Å². The molecule has 0 aliphatic carbocycles. The number of hydrogen-bond acceptors (Lipinski definition) is 5. The molecule has 0 atom stereocenters. The van der Waals surface area contributed by atoms with E-state index in [0.29, 0.717) is 30.2 Å². The number of ether oxygens (including phenoxy) is 1. The highest BCUT2D eigenvalue weighted by molar-refractivity contribution is 6.17. The number of nitrogens with two attached hydrogens (primary N) is 2. The first-order valence-corrected chi connectivity index (χ1v) is 9.47. The van der Waals surface area contributed by atoms with Gasteiger partial charge in [0.25, 0.3) is 0 Å². The number of nitrogens with one attached hydrogen (secondary N) is 1. The van der Waals surface area contributed by atoms with E-state index in [9.17, 15) is 0 Å². The number of nitrogens with zero attached hydrogens (tertiary/aromatic N) is 1. The molecule has 5 N–H and O–H groups in total. The number of rotatable bonds is 7. The average molecular weight is 386 g/mol. The van der Waals surface area contributed by atoms with Gasteiger partial charge in [-0.15, -0.1) is 0 Å². The number of aryl methyl sites for hydroxylation is 2. The van der Waals surface area contributed by atoms with Crippen molar-refractivity contribution in [1.82, 2.24) is 4.98 Å². The molecule has 1 heterocycles. The Bertz CT molecular complexity index is 1040. The maximum absolute atomic E-state index is 7.88. The predicted octanol–water partition coefficient (Wildman–Crippen LogP) is 4.21. The summed E-state index contributed by atoms with van der Waals surface area (Å²) in [5.74, 6) is 0.712. The van der Waals surface area contributed by atoms with Crippen molar-refractivity contribution in [3.8, 4) is 5.75 Å². The molecule has 0 fully saturated rings. The quantitative estimate of drug-likeness (QED) is 0.530. The Hall–Kier alpha value is -3.44. The second-order valence-corrected chi connectivity index (χ2v) is 6.90. The van der Waals surface area contributed by atoms with Gasteiger partial charge in [-0.1, -0.05) is 36.4 Å². The molecule has 0 aliphatic heterocycles. The van der Waals surface area contributed by atoms with Crippen LogP contribution in [-0.2, 0) is 13.2 Å². The van der Waals surface area contributed by atoms with E-state index in [-0.39, 0.29) is 0 Å². The average Bonchev–Trinajstić information content (AvgIpc) is 2.72. The maximum Gasteiger partial charge on any atom is 0.120 e. The van der Waals surface area contributed by atoms with Crippen LogP contribution in [0.25, 0.3) is 11.3 Å². The van der Waals surface area contributed by atoms with E-state index in [0.717, 1.165) is 33.6 Å². The van der Waals surface area contributed by atoms with Gasteiger partial charge >= 0.3 is 0 Å². The smallest absolute Gasteiger partial charge is 0.120 e. The van der Waals surface area contributed by atoms with Crippen molar-refractivity contribution in [2.75, 3.05) is 0 Å². The van der Waals surface area contributed by atoms with Crippen LogP contribution in [0.5, 0.6) is 5.75 Å². The van der Waals surface area contributed by atoms with Crippen molar-refractivity contribution < 1.29 is 4.74 Å². The minimum absolute atomic E-state index is 0.431. The monoisotopic (exact) mass is 386 g/mol. The van der Waals surface area contributed by atoms with Crippen LogP contribution in [0.15, 0.2) is 60.7 Å². The van der Waals surface area contributed by atoms with Gasteiger partial charge in [0.15, 0.2) is 0 Å². The van der Waals surface area contributed by atoms with Gasteiger partial charge in [-0.2, -0.15) is 0 Å². The number of aromatic nitrogens is 1. The molecule has 0 saturated carbocycles. The highest BCUT2D eigenvalue weighted by atomic mass is 16.5. The zero-order chi connectivity index (χ0) is 20.8. The highest BCUT2D eigenvalue weighted by Gasteiger charge is 2.10. The molecule has 3 rings (SSSR count). The number of benzene rings is 2. The van der Waals surface area contributed by atoms with Crippen LogP contribution in [0.1, 0.15) is 33.6 Å². The summed E-state index contributed by atoms with van der Waals surface area (Å²) in [7, 11) is 0. The Morgan fingerprint density at radius 2 is 1.66 bits per heavy atom. The van der Waals surface area contributed by atoms with Gasteiger partial charge in [0.05, 0.1) is 0 Å². The van der Waals surface area contributed by atoms with Crippen molar-refractivity contribution in [2.24, 2.45) is 11.5 Å². The molecule has 148 valence electrons. The SMILES string of the molecule is Cc1cc(/C(C=N)=C(/N)c2cccc(OCc3ccccc3CN)c2)cc(C)n1. The van der Waals surface area contributed by atoms with Crippen molar-refractivity contribution in [2.45, 2.75) is 27.0 Å². The summed E-state index contributed by atoms with van der Waals surface area (Å²) < 4.78 is 5.98. The van der Waals surface area contributed by atoms with Gasteiger partial charge in [0, 0.05) is 41.0 Å². The van der Waals surface area contributed by atoms with Crippen LogP contribution in [0.4, 0.5) is 0 Å². The minimum Gasteiger partial charge on any atom is -0.489 e. The summed E-state index contributed by atoms with van der Waals surface area (Å²) in [5.41, 5.74) is 19.0. The molecule has 3 aromatic rings. The van der Waals surface area contributed by atoms with Crippen LogP contribution in [0.2, 0.25) is 0 Å². The second kappa shape index (κ2) is 9.17. The van der Waals surface area contributed by atoms with Crippen LogP contribution in [-0.4, -0.2) is 11.2 Å². The molecule has 0 saturated heterocycles. The fourth-order valence-corrected chi connectivity index (χ4v) is 3.27. The van der Waals surface area contributed by atoms with Gasteiger partial charge in [-0.3, -0.25) is 4.98 Å². The van der Waals surface area contributed by atoms with Gasteiger partial charge < -0.3 is 21.6 Å². The summed E-state index contributed by atoms with van der Waals surface area (Å²) >= 11 is 0. The lowest BCUT2D eigenvalue weighted by atomic mass is 10.00. The van der Waals surface area contributed by atoms with Crippen LogP contribution in [0, 0.1) is 19.3 Å². The maximum atomic E-state index is 7.88. The Kier molecular flexibility index (Phi) is 6.42. The normalized spacial score (nSPS) is 11.7. The predicted molar refractivity (Wildman–Crippen MR) is 119 cm³/mol. The lowest BCUT2D eigenvalue weighted by molar-refractivity contribution is 0.305. The molecule has 0 amide bonds. The van der Waals surface area contributed by atoms with Crippen LogP contribution >= 0.6 is 0 Å². The molecule has 0 aliphatic rings. The topological polar surface area (TPSA) is 98.0 Å². The number of hydrogen-bond donors (Lipinski definition) is 3. The molecular weight excluding hydrogens is 360 g/mol. The lowest BCUT2D eigenvalue weighted by Crippen LogP contribution is -2.06. The number of allylic oxidation sites excluding steroid dienone is 1. The van der Waals surface area contributed by atoms with E-state index in [2.05, 4.69) is 4.98 Å². The first-order valence-electron chi connectivity index (χ1n) is 9.47. The molecular formula is C24H26N4O. The van der Waals surface area contributed by atoms with Crippen molar-refractivity contribution in [3.05, 3.63) is 94.3 Å². The molecule has 5 nitrogen and oxygen atoms in total. The molecule has 0 radical (unpaired) electrons. The Morgan fingerprint density at radius 1 is 0.966 bits per heavy atom. The first-order chi connectivity index (χ1) is 14.0. The van der Waals surface area contributed by atoms with E-state index < -0.39 is 0 Å². The van der Waals surface area contributed by atoms with E-state index >= 15 is 0 Å². The third kappa shape index (κ3) is 4.89. The van der Waals surface area contributed by atoms with Crippen molar-refractivity contribution in [3.63, 3.8) is 0 Å². The summed E-state index contributed by atoms with van der Waals surface area (Å²) in [4.78, 5) is 4.40. The van der Waals surface area contributed by atoms with Gasteiger partial charge in [0.1, 0.15) is 12.4 Å². The molecule has 0 spiro atoms. The molecule has 0 unspecified atom stereocenters. The van der Waals surface area contributed by atoms with Crippen molar-refractivity contribution in [1.29, 1.82) is 5.41 Å². The second-order valence-electron chi connectivity index (χ2n) is 6.90. The summed E-state index contributed by atoms with van der Waals surface area (Å²) in [6, 6.07) is 19.4. The van der Waals surface area contributed by atoms with Crippen LogP contribution in [0.3, 0.4) is 0 Å². The van der Waals surface area contributed by atoms with E-state index in [1.807, 2.05) is 74.5 Å². The third-order valence-electron chi connectivity index (χ3n) is 4.70. The fraction of sp³-hybridized carbons (Fsp3) is 0.167. The molecule has 2 aromatic carbocycles. The van der Waals surface area contributed by atoms with Gasteiger partial charge in [-0.25, -0.2) is 0 Å². The Labute approximate surface area is 171 Å². The van der Waals surface area contributed by atoms with E-state index in [4.69, 9.17) is 21.6 Å². The number of pyridine rings is 1. The van der Waals surface area contributed by atoms with Gasteiger partial charge in [-0.05, 0) is 54.8 Å². The minimum atomic E-state index is 0.431. The van der Waals surface area contributed by atoms with Crippen molar-refractivity contribution >= 4 is 17.5 Å². The summed E-state index contributed by atoms with van der Waals surface area (Å²) in [6.45, 7) is 4.77. The Balaban J connectivity index is 1.89. The molecule has 5 heteroatoms. The molecule has 0 bridgehead atoms. The third-order valence-corrected chi connectivity index (χ3v) is 4.70. The standard InChI is InChI=1S/C24H26N4O/c1-16-10-21(11-17(2)28-16)23(14-26)24(27)18-8-5-9-22(12-18)29-15-20-7-4-3-6-19(20)13-25/h3-12,14,26H,13,15,25,27H2,1-2H3/b24-23+,26-14?. The largest absolute Gasteiger partial charge is 0.489 e. The Morgan fingerprint density at radius 3 is 2.31 bits per heavy atom. The molecule has 1 aromatic heterocycles. The van der Waals surface area contributed by atoms with Gasteiger partial charge in [0.2, 0.25) is 0 Å². The summed E-state index contributed by atoms with van der Waals surface area (Å²) in [5, 5.41) is 7.88. The first kappa shape index (κ1) is 20.3. The highest BCUT2D eigenvalue weighted by Crippen LogP contribution is 2.25. The summed E-state index contributed by atoms with van der Waals surface area (Å²) in [6.07, 6.45) is 1.29. The lowest BCUT2D eigenvalue weighted by Gasteiger charge is -2.13. The zero-order valence-corrected chi connectivity index (χ0v) is 16.8. The molecule has 29 heavy (non-hydrogen) atoms.